The minimum Gasteiger partial charge on any atom is -0.461 e. The van der Waals surface area contributed by atoms with Gasteiger partial charge >= 0.3 is 5.97 Å². The minimum absolute atomic E-state index is 0.0906. The van der Waals surface area contributed by atoms with Gasteiger partial charge in [0.05, 0.1) is 0 Å². The van der Waals surface area contributed by atoms with E-state index in [-0.39, 0.29) is 5.97 Å². The highest BCUT2D eigenvalue weighted by atomic mass is 16.5. The Bertz CT molecular complexity index is 461. The van der Waals surface area contributed by atoms with Crippen molar-refractivity contribution >= 4 is 5.97 Å². The summed E-state index contributed by atoms with van der Waals surface area (Å²) in [4.78, 5) is 15.7. The molecule has 0 saturated carbocycles. The van der Waals surface area contributed by atoms with Crippen LogP contribution < -0.4 is 0 Å². The van der Waals surface area contributed by atoms with Gasteiger partial charge in [0.25, 0.3) is 0 Å². The maximum Gasteiger partial charge on any atom is 0.306 e. The normalized spacial score (nSPS) is 12.1. The van der Waals surface area contributed by atoms with Crippen molar-refractivity contribution in [2.24, 2.45) is 5.92 Å². The third-order valence-electron chi connectivity index (χ3n) is 5.40. The number of esters is 1. The summed E-state index contributed by atoms with van der Waals surface area (Å²) in [5.41, 5.74) is 0.946. The second-order valence-electron chi connectivity index (χ2n) is 7.96. The third-order valence-corrected chi connectivity index (χ3v) is 5.40. The van der Waals surface area contributed by atoms with E-state index in [4.69, 9.17) is 4.74 Å². The molecule has 1 rings (SSSR count). The molecule has 0 radical (unpaired) electrons. The van der Waals surface area contributed by atoms with Crippen LogP contribution >= 0.6 is 0 Å². The van der Waals surface area contributed by atoms with Crippen LogP contribution in [-0.2, 0) is 16.1 Å². The molecule has 0 N–H and O–H groups in total. The molecular weight excluding hydrogens is 334 g/mol. The summed E-state index contributed by atoms with van der Waals surface area (Å²) in [6.45, 7) is 5.00. The van der Waals surface area contributed by atoms with Gasteiger partial charge in [0.15, 0.2) is 0 Å². The Labute approximate surface area is 167 Å². The average Bonchev–Trinajstić information content (AvgIpc) is 2.70. The molecule has 1 unspecified atom stereocenters. The molecular formula is C24H41NO2. The molecule has 1 atom stereocenters. The molecule has 0 fully saturated rings. The second-order valence-corrected chi connectivity index (χ2v) is 7.96. The van der Waals surface area contributed by atoms with Crippen molar-refractivity contribution in [1.29, 1.82) is 0 Å². The van der Waals surface area contributed by atoms with Crippen LogP contribution in [0.3, 0.4) is 0 Å². The number of nitrogens with zero attached hydrogens (tertiary/aromatic N) is 1. The molecule has 1 aromatic heterocycles. The molecule has 0 bridgehead atoms. The van der Waals surface area contributed by atoms with E-state index >= 15 is 0 Å². The van der Waals surface area contributed by atoms with Crippen molar-refractivity contribution in [2.45, 2.75) is 110 Å². The van der Waals surface area contributed by atoms with Crippen molar-refractivity contribution in [2.75, 3.05) is 0 Å². The van der Waals surface area contributed by atoms with Gasteiger partial charge in [-0.1, -0.05) is 97.0 Å². The zero-order chi connectivity index (χ0) is 19.6. The van der Waals surface area contributed by atoms with Crippen LogP contribution in [0.15, 0.2) is 24.5 Å². The summed E-state index contributed by atoms with van der Waals surface area (Å²) in [6.07, 6.45) is 21.1. The Hall–Kier alpha value is -1.38. The zero-order valence-corrected chi connectivity index (χ0v) is 17.8. The molecule has 3 heteroatoms. The van der Waals surface area contributed by atoms with E-state index in [2.05, 4.69) is 18.8 Å². The number of pyridine rings is 1. The summed E-state index contributed by atoms with van der Waals surface area (Å²) >= 11 is 0. The smallest absolute Gasteiger partial charge is 0.306 e. The quantitative estimate of drug-likeness (QED) is 0.213. The lowest BCUT2D eigenvalue weighted by molar-refractivity contribution is -0.145. The van der Waals surface area contributed by atoms with Crippen molar-refractivity contribution in [3.05, 3.63) is 30.1 Å². The van der Waals surface area contributed by atoms with Gasteiger partial charge in [-0.25, -0.2) is 0 Å². The monoisotopic (exact) mass is 375 g/mol. The first-order valence-corrected chi connectivity index (χ1v) is 11.3. The Morgan fingerprint density at radius 1 is 0.963 bits per heavy atom. The standard InChI is InChI=1S/C24H41NO2/c1-3-22(2)16-13-11-9-7-5-4-6-8-10-12-14-18-24(26)27-21-23-17-15-19-25-20-23/h15,17,19-20,22H,3-14,16,18,21H2,1-2H3. The summed E-state index contributed by atoms with van der Waals surface area (Å²) in [5, 5.41) is 0. The molecule has 0 spiro atoms. The van der Waals surface area contributed by atoms with Gasteiger partial charge in [0.1, 0.15) is 6.61 Å². The van der Waals surface area contributed by atoms with Gasteiger partial charge < -0.3 is 4.74 Å². The number of hydrogen-bond donors (Lipinski definition) is 0. The minimum atomic E-state index is -0.0906. The van der Waals surface area contributed by atoms with E-state index in [0.717, 1.165) is 24.3 Å². The molecule has 0 aliphatic rings. The number of carbonyl (C=O) groups is 1. The van der Waals surface area contributed by atoms with Crippen molar-refractivity contribution in [3.63, 3.8) is 0 Å². The van der Waals surface area contributed by atoms with E-state index in [0.29, 0.717) is 13.0 Å². The second kappa shape index (κ2) is 16.8. The van der Waals surface area contributed by atoms with E-state index < -0.39 is 0 Å². The highest BCUT2D eigenvalue weighted by Crippen LogP contribution is 2.15. The number of rotatable bonds is 17. The summed E-state index contributed by atoms with van der Waals surface area (Å²) in [6, 6.07) is 3.78. The highest BCUT2D eigenvalue weighted by Gasteiger charge is 2.03. The topological polar surface area (TPSA) is 39.2 Å². The first-order chi connectivity index (χ1) is 13.2. The molecule has 0 saturated heterocycles. The fourth-order valence-corrected chi connectivity index (χ4v) is 3.28. The molecule has 0 aliphatic carbocycles. The Morgan fingerprint density at radius 2 is 1.56 bits per heavy atom. The number of carbonyl (C=O) groups excluding carboxylic acids is 1. The Balaban J connectivity index is 1.79. The van der Waals surface area contributed by atoms with Crippen LogP contribution in [0.2, 0.25) is 0 Å². The number of hydrogen-bond acceptors (Lipinski definition) is 3. The lowest BCUT2D eigenvalue weighted by Gasteiger charge is -2.07. The Morgan fingerprint density at radius 3 is 2.11 bits per heavy atom. The molecule has 27 heavy (non-hydrogen) atoms. The van der Waals surface area contributed by atoms with E-state index in [1.54, 1.807) is 12.4 Å². The fourth-order valence-electron chi connectivity index (χ4n) is 3.28. The molecule has 0 aromatic carbocycles. The Kier molecular flexibility index (Phi) is 14.7. The van der Waals surface area contributed by atoms with Crippen LogP contribution in [0.5, 0.6) is 0 Å². The zero-order valence-electron chi connectivity index (χ0n) is 17.8. The van der Waals surface area contributed by atoms with Crippen LogP contribution in [-0.4, -0.2) is 11.0 Å². The predicted octanol–water partition coefficient (Wildman–Crippen LogP) is 7.24. The summed E-state index contributed by atoms with van der Waals surface area (Å²) in [5.74, 6) is 0.820. The van der Waals surface area contributed by atoms with Gasteiger partial charge in [-0.15, -0.1) is 0 Å². The number of aromatic nitrogens is 1. The third kappa shape index (κ3) is 14.4. The maximum atomic E-state index is 11.7. The molecule has 3 nitrogen and oxygen atoms in total. The van der Waals surface area contributed by atoms with Gasteiger partial charge in [0, 0.05) is 24.4 Å². The average molecular weight is 376 g/mol. The van der Waals surface area contributed by atoms with Gasteiger partial charge in [-0.2, -0.15) is 0 Å². The largest absolute Gasteiger partial charge is 0.461 e. The summed E-state index contributed by atoms with van der Waals surface area (Å²) < 4.78 is 5.27. The predicted molar refractivity (Wildman–Crippen MR) is 114 cm³/mol. The van der Waals surface area contributed by atoms with Crippen molar-refractivity contribution in [1.82, 2.24) is 4.98 Å². The van der Waals surface area contributed by atoms with Crippen molar-refractivity contribution in [3.8, 4) is 0 Å². The van der Waals surface area contributed by atoms with Crippen molar-refractivity contribution < 1.29 is 9.53 Å². The van der Waals surface area contributed by atoms with E-state index in [1.165, 1.54) is 70.6 Å². The van der Waals surface area contributed by atoms with Gasteiger partial charge in [-0.3, -0.25) is 9.78 Å². The number of unbranched alkanes of at least 4 members (excludes halogenated alkanes) is 10. The lowest BCUT2D eigenvalue weighted by Crippen LogP contribution is -2.04. The first-order valence-electron chi connectivity index (χ1n) is 11.3. The molecule has 154 valence electrons. The summed E-state index contributed by atoms with van der Waals surface area (Å²) in [7, 11) is 0. The highest BCUT2D eigenvalue weighted by molar-refractivity contribution is 5.69. The SMILES string of the molecule is CCC(C)CCCCCCCCCCCCCC(=O)OCc1cccnc1. The molecule has 1 heterocycles. The first kappa shape index (κ1) is 23.7. The van der Waals surface area contributed by atoms with Crippen LogP contribution in [0.4, 0.5) is 0 Å². The molecule has 1 aromatic rings. The van der Waals surface area contributed by atoms with Gasteiger partial charge in [0.2, 0.25) is 0 Å². The molecule has 0 aliphatic heterocycles. The van der Waals surface area contributed by atoms with Crippen LogP contribution in [0, 0.1) is 5.92 Å². The van der Waals surface area contributed by atoms with Crippen LogP contribution in [0.25, 0.3) is 0 Å². The van der Waals surface area contributed by atoms with E-state index in [1.807, 2.05) is 12.1 Å². The van der Waals surface area contributed by atoms with Gasteiger partial charge in [-0.05, 0) is 18.4 Å². The van der Waals surface area contributed by atoms with E-state index in [9.17, 15) is 4.79 Å². The fraction of sp³-hybridized carbons (Fsp3) is 0.750. The number of ether oxygens (including phenoxy) is 1. The lowest BCUT2D eigenvalue weighted by atomic mass is 9.99. The molecule has 0 amide bonds. The maximum absolute atomic E-state index is 11.7. The van der Waals surface area contributed by atoms with Crippen LogP contribution in [0.1, 0.15) is 109 Å².